The lowest BCUT2D eigenvalue weighted by molar-refractivity contribution is 0.102. The summed E-state index contributed by atoms with van der Waals surface area (Å²) in [7, 11) is 0. The first-order valence-electron chi connectivity index (χ1n) is 8.08. The van der Waals surface area contributed by atoms with Crippen LogP contribution in [0.15, 0.2) is 55.0 Å². The molecular weight excluding hydrogens is 302 g/mol. The van der Waals surface area contributed by atoms with Gasteiger partial charge in [-0.05, 0) is 37.1 Å². The number of hydrogen-bond donors (Lipinski definition) is 1. The summed E-state index contributed by atoms with van der Waals surface area (Å²) in [5.41, 5.74) is 1.72. The number of nitrogens with one attached hydrogen (secondary N) is 1. The van der Waals surface area contributed by atoms with Crippen molar-refractivity contribution >= 4 is 11.7 Å². The molecule has 0 saturated heterocycles. The Morgan fingerprint density at radius 3 is 2.62 bits per heavy atom. The SMILES string of the molecule is CCC(C)n1nccc1NC(=O)c1ccc(Cn2cccn2)cc1. The van der Waals surface area contributed by atoms with Gasteiger partial charge in [-0.3, -0.25) is 9.48 Å². The van der Waals surface area contributed by atoms with Gasteiger partial charge in [-0.15, -0.1) is 0 Å². The number of anilines is 1. The Labute approximate surface area is 141 Å². The fourth-order valence-corrected chi connectivity index (χ4v) is 2.47. The average molecular weight is 323 g/mol. The smallest absolute Gasteiger partial charge is 0.256 e. The van der Waals surface area contributed by atoms with E-state index in [2.05, 4.69) is 29.4 Å². The molecule has 1 amide bonds. The molecule has 1 N–H and O–H groups in total. The molecule has 2 heterocycles. The predicted octanol–water partition coefficient (Wildman–Crippen LogP) is 3.35. The van der Waals surface area contributed by atoms with Crippen LogP contribution in [0.4, 0.5) is 5.82 Å². The second-order valence-electron chi connectivity index (χ2n) is 5.77. The summed E-state index contributed by atoms with van der Waals surface area (Å²) in [6.07, 6.45) is 6.32. The zero-order valence-electron chi connectivity index (χ0n) is 13.9. The van der Waals surface area contributed by atoms with E-state index in [0.29, 0.717) is 12.1 Å². The van der Waals surface area contributed by atoms with Crippen LogP contribution < -0.4 is 5.32 Å². The molecule has 24 heavy (non-hydrogen) atoms. The quantitative estimate of drug-likeness (QED) is 0.756. The topological polar surface area (TPSA) is 64.7 Å². The Balaban J connectivity index is 1.68. The Bertz CT molecular complexity index is 789. The van der Waals surface area contributed by atoms with E-state index in [0.717, 1.165) is 17.8 Å². The Hall–Kier alpha value is -2.89. The van der Waals surface area contributed by atoms with Gasteiger partial charge < -0.3 is 5.32 Å². The molecule has 0 bridgehead atoms. The van der Waals surface area contributed by atoms with Crippen LogP contribution >= 0.6 is 0 Å². The van der Waals surface area contributed by atoms with Crippen molar-refractivity contribution in [3.05, 3.63) is 66.1 Å². The van der Waals surface area contributed by atoms with E-state index in [4.69, 9.17) is 0 Å². The summed E-state index contributed by atoms with van der Waals surface area (Å²) >= 11 is 0. The van der Waals surface area contributed by atoms with Crippen LogP contribution in [-0.2, 0) is 6.54 Å². The molecule has 0 saturated carbocycles. The molecule has 3 rings (SSSR count). The van der Waals surface area contributed by atoms with Gasteiger partial charge in [-0.1, -0.05) is 19.1 Å². The standard InChI is InChI=1S/C18H21N5O/c1-3-14(2)23-17(9-11-20-23)21-18(24)16-7-5-15(6-8-16)13-22-12-4-10-19-22/h4-12,14H,3,13H2,1-2H3,(H,21,24). The first kappa shape index (κ1) is 16.0. The molecule has 0 aliphatic heterocycles. The lowest BCUT2D eigenvalue weighted by Crippen LogP contribution is -2.17. The molecule has 6 nitrogen and oxygen atoms in total. The van der Waals surface area contributed by atoms with Crippen molar-refractivity contribution in [2.45, 2.75) is 32.9 Å². The van der Waals surface area contributed by atoms with E-state index in [1.54, 1.807) is 12.4 Å². The molecule has 1 aromatic carbocycles. The maximum absolute atomic E-state index is 12.4. The number of amides is 1. The molecule has 2 aromatic heterocycles. The van der Waals surface area contributed by atoms with E-state index >= 15 is 0 Å². The van der Waals surface area contributed by atoms with Crippen molar-refractivity contribution in [1.29, 1.82) is 0 Å². The van der Waals surface area contributed by atoms with E-state index in [-0.39, 0.29) is 11.9 Å². The molecular formula is C18H21N5O. The predicted molar refractivity (Wildman–Crippen MR) is 93.0 cm³/mol. The molecule has 1 atom stereocenters. The number of rotatable bonds is 6. The minimum atomic E-state index is -0.134. The van der Waals surface area contributed by atoms with E-state index in [1.807, 2.05) is 52.0 Å². The zero-order valence-corrected chi connectivity index (χ0v) is 13.9. The van der Waals surface area contributed by atoms with Crippen LogP contribution in [0.3, 0.4) is 0 Å². The van der Waals surface area contributed by atoms with Crippen molar-refractivity contribution in [1.82, 2.24) is 19.6 Å². The summed E-state index contributed by atoms with van der Waals surface area (Å²) in [6, 6.07) is 11.5. The highest BCUT2D eigenvalue weighted by molar-refractivity contribution is 6.03. The van der Waals surface area contributed by atoms with Gasteiger partial charge in [0.25, 0.3) is 5.91 Å². The third-order valence-electron chi connectivity index (χ3n) is 4.04. The minimum absolute atomic E-state index is 0.134. The van der Waals surface area contributed by atoms with Crippen molar-refractivity contribution < 1.29 is 4.79 Å². The van der Waals surface area contributed by atoms with E-state index in [1.165, 1.54) is 0 Å². The van der Waals surface area contributed by atoms with E-state index in [9.17, 15) is 4.79 Å². The summed E-state index contributed by atoms with van der Waals surface area (Å²) < 4.78 is 3.68. The molecule has 1 unspecified atom stereocenters. The Morgan fingerprint density at radius 1 is 1.17 bits per heavy atom. The molecule has 0 aliphatic rings. The number of hydrogen-bond acceptors (Lipinski definition) is 3. The molecule has 0 spiro atoms. The maximum atomic E-state index is 12.4. The second kappa shape index (κ2) is 7.12. The van der Waals surface area contributed by atoms with Crippen LogP contribution in [-0.4, -0.2) is 25.5 Å². The van der Waals surface area contributed by atoms with Gasteiger partial charge in [-0.25, -0.2) is 4.68 Å². The summed E-state index contributed by atoms with van der Waals surface area (Å²) in [6.45, 7) is 4.86. The highest BCUT2D eigenvalue weighted by Crippen LogP contribution is 2.17. The van der Waals surface area contributed by atoms with Crippen molar-refractivity contribution in [2.75, 3.05) is 5.32 Å². The number of carbonyl (C=O) groups excluding carboxylic acids is 1. The minimum Gasteiger partial charge on any atom is -0.307 e. The van der Waals surface area contributed by atoms with Gasteiger partial charge in [0.15, 0.2) is 0 Å². The maximum Gasteiger partial charge on any atom is 0.256 e. The van der Waals surface area contributed by atoms with Crippen LogP contribution in [0.2, 0.25) is 0 Å². The molecule has 124 valence electrons. The molecule has 3 aromatic rings. The molecule has 0 aliphatic carbocycles. The number of nitrogens with zero attached hydrogens (tertiary/aromatic N) is 4. The fourth-order valence-electron chi connectivity index (χ4n) is 2.47. The molecule has 0 fully saturated rings. The van der Waals surface area contributed by atoms with Crippen molar-refractivity contribution in [3.8, 4) is 0 Å². The average Bonchev–Trinajstić information content (AvgIpc) is 3.26. The number of carbonyl (C=O) groups is 1. The first-order chi connectivity index (χ1) is 11.7. The van der Waals surface area contributed by atoms with Gasteiger partial charge in [0.2, 0.25) is 0 Å². The van der Waals surface area contributed by atoms with Crippen molar-refractivity contribution in [3.63, 3.8) is 0 Å². The van der Waals surface area contributed by atoms with Crippen LogP contribution in [0.5, 0.6) is 0 Å². The first-order valence-corrected chi connectivity index (χ1v) is 8.08. The van der Waals surface area contributed by atoms with Crippen LogP contribution in [0, 0.1) is 0 Å². The van der Waals surface area contributed by atoms with Crippen molar-refractivity contribution in [2.24, 2.45) is 0 Å². The van der Waals surface area contributed by atoms with Crippen LogP contribution in [0.1, 0.15) is 42.2 Å². The normalized spacial score (nSPS) is 12.1. The third-order valence-corrected chi connectivity index (χ3v) is 4.04. The van der Waals surface area contributed by atoms with Gasteiger partial charge in [0, 0.05) is 24.0 Å². The van der Waals surface area contributed by atoms with Crippen LogP contribution in [0.25, 0.3) is 0 Å². The highest BCUT2D eigenvalue weighted by Gasteiger charge is 2.12. The Kier molecular flexibility index (Phi) is 4.74. The summed E-state index contributed by atoms with van der Waals surface area (Å²) in [4.78, 5) is 12.4. The fraction of sp³-hybridized carbons (Fsp3) is 0.278. The third kappa shape index (κ3) is 3.53. The van der Waals surface area contributed by atoms with Gasteiger partial charge >= 0.3 is 0 Å². The lowest BCUT2D eigenvalue weighted by Gasteiger charge is -2.14. The Morgan fingerprint density at radius 2 is 1.96 bits per heavy atom. The van der Waals surface area contributed by atoms with Gasteiger partial charge in [-0.2, -0.15) is 10.2 Å². The largest absolute Gasteiger partial charge is 0.307 e. The molecule has 0 radical (unpaired) electrons. The lowest BCUT2D eigenvalue weighted by atomic mass is 10.1. The second-order valence-corrected chi connectivity index (χ2v) is 5.77. The van der Waals surface area contributed by atoms with Gasteiger partial charge in [0.1, 0.15) is 5.82 Å². The molecule has 6 heteroatoms. The zero-order chi connectivity index (χ0) is 16.9. The summed E-state index contributed by atoms with van der Waals surface area (Å²) in [5.74, 6) is 0.584. The number of benzene rings is 1. The van der Waals surface area contributed by atoms with E-state index < -0.39 is 0 Å². The monoisotopic (exact) mass is 323 g/mol. The van der Waals surface area contributed by atoms with Gasteiger partial charge in [0.05, 0.1) is 18.8 Å². The summed E-state index contributed by atoms with van der Waals surface area (Å²) in [5, 5.41) is 11.4. The highest BCUT2D eigenvalue weighted by atomic mass is 16.1. The number of aromatic nitrogens is 4.